The molecule has 3 N–H and O–H groups in total. The summed E-state index contributed by atoms with van der Waals surface area (Å²) in [5.41, 5.74) is 25.0. The number of nitrogen functional groups attached to an aromatic ring is 1. The van der Waals surface area contributed by atoms with Crippen LogP contribution in [0.3, 0.4) is 0 Å². The van der Waals surface area contributed by atoms with E-state index >= 15 is 0 Å². The zero-order valence-corrected chi connectivity index (χ0v) is 43.1. The van der Waals surface area contributed by atoms with Gasteiger partial charge in [0.2, 0.25) is 0 Å². The number of hydrogen-bond donors (Lipinski definition) is 2. The van der Waals surface area contributed by atoms with Crippen molar-refractivity contribution in [1.29, 1.82) is 0 Å². The molecule has 0 bridgehead atoms. The Labute approximate surface area is 437 Å². The first-order valence-electron chi connectivity index (χ1n) is 25.2. The molecule has 0 amide bonds. The first-order valence-corrected chi connectivity index (χ1v) is 26.0. The van der Waals surface area contributed by atoms with Crippen LogP contribution in [0.2, 0.25) is 0 Å². The lowest BCUT2D eigenvalue weighted by molar-refractivity contribution is 0.660. The van der Waals surface area contributed by atoms with Gasteiger partial charge in [0.15, 0.2) is 0 Å². The second-order valence-corrected chi connectivity index (χ2v) is 21.4. The van der Waals surface area contributed by atoms with Gasteiger partial charge in [0.1, 0.15) is 0 Å². The third kappa shape index (κ3) is 8.24. The van der Waals surface area contributed by atoms with E-state index in [1.54, 1.807) is 0 Å². The highest BCUT2D eigenvalue weighted by Crippen LogP contribution is 2.50. The highest BCUT2D eigenvalue weighted by molar-refractivity contribution is 9.10. The van der Waals surface area contributed by atoms with Crippen molar-refractivity contribution in [2.24, 2.45) is 0 Å². The van der Waals surface area contributed by atoms with E-state index in [4.69, 9.17) is 5.73 Å². The number of halogens is 1. The molecule has 73 heavy (non-hydrogen) atoms. The van der Waals surface area contributed by atoms with Crippen molar-refractivity contribution in [2.75, 3.05) is 11.1 Å². The molecular formula is C70H55BrN2. The summed E-state index contributed by atoms with van der Waals surface area (Å²) in [6.45, 7) is 9.17. The van der Waals surface area contributed by atoms with Gasteiger partial charge in [-0.3, -0.25) is 0 Å². The van der Waals surface area contributed by atoms with Crippen molar-refractivity contribution in [3.05, 3.63) is 269 Å². The van der Waals surface area contributed by atoms with Gasteiger partial charge in [0, 0.05) is 32.4 Å². The molecule has 0 saturated carbocycles. The Morgan fingerprint density at radius 2 is 0.699 bits per heavy atom. The molecule has 2 aliphatic rings. The maximum Gasteiger partial charge on any atom is 0.0387 e. The Kier molecular flexibility index (Phi) is 11.6. The lowest BCUT2D eigenvalue weighted by atomic mass is 9.82. The van der Waals surface area contributed by atoms with Crippen LogP contribution < -0.4 is 11.1 Å². The second kappa shape index (κ2) is 18.4. The predicted octanol–water partition coefficient (Wildman–Crippen LogP) is 19.7. The molecular weight excluding hydrogens is 949 g/mol. The van der Waals surface area contributed by atoms with Crippen LogP contribution in [0.25, 0.3) is 87.6 Å². The van der Waals surface area contributed by atoms with Gasteiger partial charge in [0.05, 0.1) is 0 Å². The molecule has 0 fully saturated rings. The highest BCUT2D eigenvalue weighted by atomic mass is 79.9. The molecule has 12 aromatic rings. The first kappa shape index (κ1) is 45.9. The van der Waals surface area contributed by atoms with Crippen LogP contribution in [-0.2, 0) is 10.8 Å². The van der Waals surface area contributed by atoms with E-state index in [0.717, 1.165) is 21.5 Å². The van der Waals surface area contributed by atoms with E-state index in [-0.39, 0.29) is 10.8 Å². The van der Waals surface area contributed by atoms with Crippen molar-refractivity contribution in [3.8, 4) is 44.5 Å². The van der Waals surface area contributed by atoms with E-state index in [1.165, 1.54) is 110 Å². The minimum Gasteiger partial charge on any atom is -0.399 e. The van der Waals surface area contributed by atoms with Crippen molar-refractivity contribution >= 4 is 76.1 Å². The fraction of sp³-hybridized carbons (Fsp3) is 0.0857. The molecule has 2 aliphatic carbocycles. The number of nitrogens with one attached hydrogen (secondary N) is 1. The molecule has 3 heteroatoms. The molecule has 0 aliphatic heterocycles. The normalized spacial score (nSPS) is 13.3. The number of rotatable bonds is 4. The third-order valence-electron chi connectivity index (χ3n) is 15.4. The summed E-state index contributed by atoms with van der Waals surface area (Å²) in [6.07, 6.45) is 0. The first-order chi connectivity index (χ1) is 35.5. The minimum atomic E-state index is 0.00458. The number of anilines is 3. The highest BCUT2D eigenvalue weighted by Gasteiger charge is 2.36. The van der Waals surface area contributed by atoms with E-state index in [2.05, 4.69) is 286 Å². The maximum absolute atomic E-state index is 5.89. The quantitative estimate of drug-likeness (QED) is 0.136. The molecule has 0 spiro atoms. The van der Waals surface area contributed by atoms with Gasteiger partial charge in [-0.25, -0.2) is 0 Å². The van der Waals surface area contributed by atoms with E-state index in [0.29, 0.717) is 0 Å². The summed E-state index contributed by atoms with van der Waals surface area (Å²) in [7, 11) is 0. The van der Waals surface area contributed by atoms with Crippen LogP contribution in [0.5, 0.6) is 0 Å². The van der Waals surface area contributed by atoms with Crippen molar-refractivity contribution in [3.63, 3.8) is 0 Å². The Bertz CT molecular complexity index is 4070. The molecule has 0 atom stereocenters. The van der Waals surface area contributed by atoms with Crippen LogP contribution in [-0.4, -0.2) is 0 Å². The van der Waals surface area contributed by atoms with Crippen molar-refractivity contribution in [2.45, 2.75) is 38.5 Å². The number of benzene rings is 12. The zero-order valence-electron chi connectivity index (χ0n) is 41.5. The number of fused-ring (bicyclic) bond motifs is 12. The van der Waals surface area contributed by atoms with Gasteiger partial charge in [0.25, 0.3) is 0 Å². The van der Waals surface area contributed by atoms with Crippen LogP contribution in [0.1, 0.15) is 49.9 Å². The summed E-state index contributed by atoms with van der Waals surface area (Å²) >= 11 is 3.51. The molecule has 0 heterocycles. The summed E-state index contributed by atoms with van der Waals surface area (Å²) in [5, 5.41) is 14.0. The molecule has 0 aromatic heterocycles. The third-order valence-corrected chi connectivity index (χ3v) is 15.9. The smallest absolute Gasteiger partial charge is 0.0387 e. The van der Waals surface area contributed by atoms with Gasteiger partial charge in [-0.15, -0.1) is 0 Å². The average Bonchev–Trinajstić information content (AvgIpc) is 3.80. The molecule has 2 nitrogen and oxygen atoms in total. The zero-order chi connectivity index (χ0) is 49.8. The SMILES string of the molecule is Brc1ccc(-c2cc3ccccc3c3ccccc23)cc1.CC1(C)c2ccccc2-c2ccc(N)cc21.CC1(C)c2ccccc2-c2ccc(Nc3ccc(-c4cc5ccccc5c5ccccc45)cc3)cc21. The lowest BCUT2D eigenvalue weighted by Crippen LogP contribution is -2.15. The van der Waals surface area contributed by atoms with Crippen LogP contribution in [0.4, 0.5) is 17.1 Å². The van der Waals surface area contributed by atoms with Crippen LogP contribution in [0, 0.1) is 0 Å². The molecule has 14 rings (SSSR count). The molecule has 352 valence electrons. The summed E-state index contributed by atoms with van der Waals surface area (Å²) in [6, 6.07) is 87.0. The Hall–Kier alpha value is -8.24. The molecule has 0 radical (unpaired) electrons. The Balaban J connectivity index is 0.000000124. The predicted molar refractivity (Wildman–Crippen MR) is 317 cm³/mol. The van der Waals surface area contributed by atoms with Crippen molar-refractivity contribution in [1.82, 2.24) is 0 Å². The second-order valence-electron chi connectivity index (χ2n) is 20.5. The fourth-order valence-electron chi connectivity index (χ4n) is 11.6. The summed E-state index contributed by atoms with van der Waals surface area (Å²) in [4.78, 5) is 0. The minimum absolute atomic E-state index is 0.00458. The fourth-order valence-corrected chi connectivity index (χ4v) is 11.9. The summed E-state index contributed by atoms with van der Waals surface area (Å²) < 4.78 is 1.11. The average molecular weight is 1000 g/mol. The molecule has 0 unspecified atom stereocenters. The number of hydrogen-bond acceptors (Lipinski definition) is 2. The largest absolute Gasteiger partial charge is 0.399 e. The topological polar surface area (TPSA) is 38.0 Å². The maximum atomic E-state index is 5.89. The van der Waals surface area contributed by atoms with Crippen LogP contribution in [0.15, 0.2) is 247 Å². The van der Waals surface area contributed by atoms with Gasteiger partial charge in [-0.05, 0) is 171 Å². The Morgan fingerprint density at radius 1 is 0.315 bits per heavy atom. The van der Waals surface area contributed by atoms with E-state index in [9.17, 15) is 0 Å². The Morgan fingerprint density at radius 3 is 1.22 bits per heavy atom. The van der Waals surface area contributed by atoms with Gasteiger partial charge < -0.3 is 11.1 Å². The lowest BCUT2D eigenvalue weighted by Gasteiger charge is -2.22. The van der Waals surface area contributed by atoms with Gasteiger partial charge >= 0.3 is 0 Å². The van der Waals surface area contributed by atoms with E-state index < -0.39 is 0 Å². The number of nitrogens with two attached hydrogens (primary N) is 1. The van der Waals surface area contributed by atoms with Gasteiger partial charge in [-0.2, -0.15) is 0 Å². The molecule has 12 aromatic carbocycles. The standard InChI is InChI=1S/C35H27N.C20H13Br.C15H15N/c1-35(2)33-14-8-7-13-30(33)31-20-19-26(22-34(31)35)36-25-17-15-23(16-18-25)32-21-24-9-3-4-10-27(24)28-11-5-6-12-29(28)32;21-16-11-9-14(10-12-16)20-13-15-5-1-2-6-17(15)18-7-3-4-8-19(18)20;1-15(2)13-6-4-3-5-11(13)12-8-7-10(16)9-14(12)15/h3-22,36H,1-2H3;1-13H;3-9H,16H2,1-2H3. The molecule has 0 saturated heterocycles. The van der Waals surface area contributed by atoms with Crippen molar-refractivity contribution < 1.29 is 0 Å². The van der Waals surface area contributed by atoms with E-state index in [1.807, 2.05) is 6.07 Å². The van der Waals surface area contributed by atoms with Gasteiger partial charge in [-0.1, -0.05) is 226 Å². The monoisotopic (exact) mass is 1000 g/mol. The van der Waals surface area contributed by atoms with Crippen LogP contribution >= 0.6 is 15.9 Å². The summed E-state index contributed by atoms with van der Waals surface area (Å²) in [5.74, 6) is 0.